The van der Waals surface area contributed by atoms with Gasteiger partial charge in [-0.15, -0.1) is 0 Å². The van der Waals surface area contributed by atoms with E-state index in [0.717, 1.165) is 0 Å². The van der Waals surface area contributed by atoms with Crippen molar-refractivity contribution in [3.05, 3.63) is 65.1 Å². The second-order valence-corrected chi connectivity index (χ2v) is 5.59. The van der Waals surface area contributed by atoms with Gasteiger partial charge in [0.2, 0.25) is 0 Å². The van der Waals surface area contributed by atoms with Crippen molar-refractivity contribution in [2.75, 3.05) is 0 Å². The van der Waals surface area contributed by atoms with Crippen molar-refractivity contribution in [1.29, 1.82) is 0 Å². The summed E-state index contributed by atoms with van der Waals surface area (Å²) in [5.74, 6) is 0. The van der Waals surface area contributed by atoms with Gasteiger partial charge in [0, 0.05) is 4.90 Å². The molecule has 0 saturated heterocycles. The second kappa shape index (κ2) is 7.27. The molecule has 0 N–H and O–H groups in total. The van der Waals surface area contributed by atoms with Crippen LogP contribution in [0.1, 0.15) is 32.6 Å². The van der Waals surface area contributed by atoms with E-state index in [0.29, 0.717) is 0 Å². The maximum atomic E-state index is 2.37. The predicted octanol–water partition coefficient (Wildman–Crippen LogP) is 5.74. The SMILES string of the molecule is CC(=C/Sc1ccccc1)/C=C/C1=CCCCC1. The summed E-state index contributed by atoms with van der Waals surface area (Å²) in [6.07, 6.45) is 12.1. The van der Waals surface area contributed by atoms with E-state index in [9.17, 15) is 0 Å². The lowest BCUT2D eigenvalue weighted by molar-refractivity contribution is 0.712. The Morgan fingerprint density at radius 2 is 2.00 bits per heavy atom. The zero-order valence-electron chi connectivity index (χ0n) is 10.9. The highest BCUT2D eigenvalue weighted by molar-refractivity contribution is 8.02. The summed E-state index contributed by atoms with van der Waals surface area (Å²) in [6.45, 7) is 2.16. The van der Waals surface area contributed by atoms with Gasteiger partial charge in [-0.3, -0.25) is 0 Å². The van der Waals surface area contributed by atoms with Crippen LogP contribution in [0.25, 0.3) is 0 Å². The lowest BCUT2D eigenvalue weighted by atomic mass is 9.99. The van der Waals surface area contributed by atoms with E-state index in [-0.39, 0.29) is 0 Å². The van der Waals surface area contributed by atoms with E-state index < -0.39 is 0 Å². The largest absolute Gasteiger partial charge is 0.0978 e. The van der Waals surface area contributed by atoms with Crippen LogP contribution in [-0.4, -0.2) is 0 Å². The van der Waals surface area contributed by atoms with Gasteiger partial charge in [-0.2, -0.15) is 0 Å². The van der Waals surface area contributed by atoms with Gasteiger partial charge in [0.15, 0.2) is 0 Å². The van der Waals surface area contributed by atoms with Crippen molar-refractivity contribution in [2.45, 2.75) is 37.5 Å². The maximum Gasteiger partial charge on any atom is 0.0116 e. The quantitative estimate of drug-likeness (QED) is 0.489. The van der Waals surface area contributed by atoms with Crippen LogP contribution in [0, 0.1) is 0 Å². The first kappa shape index (κ1) is 13.2. The van der Waals surface area contributed by atoms with Gasteiger partial charge in [-0.05, 0) is 55.7 Å². The molecule has 0 aromatic heterocycles. The van der Waals surface area contributed by atoms with Gasteiger partial charge in [-0.1, -0.05) is 53.8 Å². The van der Waals surface area contributed by atoms with Crippen LogP contribution in [0.5, 0.6) is 0 Å². The summed E-state index contributed by atoms with van der Waals surface area (Å²) in [7, 11) is 0. The molecular weight excluding hydrogens is 236 g/mol. The van der Waals surface area contributed by atoms with Gasteiger partial charge in [0.1, 0.15) is 0 Å². The Labute approximate surface area is 114 Å². The summed E-state index contributed by atoms with van der Waals surface area (Å²) in [5, 5.41) is 2.22. The highest BCUT2D eigenvalue weighted by Gasteiger charge is 1.99. The third-order valence-corrected chi connectivity index (χ3v) is 4.04. The average Bonchev–Trinajstić information content (AvgIpc) is 2.45. The van der Waals surface area contributed by atoms with Crippen LogP contribution >= 0.6 is 11.8 Å². The zero-order chi connectivity index (χ0) is 12.6. The van der Waals surface area contributed by atoms with E-state index in [1.165, 1.54) is 41.7 Å². The van der Waals surface area contributed by atoms with Crippen molar-refractivity contribution >= 4 is 11.8 Å². The Hall–Kier alpha value is -1.21. The Morgan fingerprint density at radius 3 is 2.72 bits per heavy atom. The molecule has 0 radical (unpaired) electrons. The lowest BCUT2D eigenvalue weighted by Gasteiger charge is -2.07. The monoisotopic (exact) mass is 256 g/mol. The fourth-order valence-electron chi connectivity index (χ4n) is 1.95. The highest BCUT2D eigenvalue weighted by atomic mass is 32.2. The molecule has 2 rings (SSSR count). The van der Waals surface area contributed by atoms with Crippen molar-refractivity contribution in [3.63, 3.8) is 0 Å². The number of hydrogen-bond donors (Lipinski definition) is 0. The summed E-state index contributed by atoms with van der Waals surface area (Å²) in [5.41, 5.74) is 2.81. The molecule has 1 aromatic rings. The number of hydrogen-bond acceptors (Lipinski definition) is 1. The van der Waals surface area contributed by atoms with Gasteiger partial charge < -0.3 is 0 Å². The third-order valence-electron chi connectivity index (χ3n) is 3.01. The minimum Gasteiger partial charge on any atom is -0.0978 e. The lowest BCUT2D eigenvalue weighted by Crippen LogP contribution is -1.88. The zero-order valence-corrected chi connectivity index (χ0v) is 11.7. The smallest absolute Gasteiger partial charge is 0.0116 e. The van der Waals surface area contributed by atoms with Crippen LogP contribution in [-0.2, 0) is 0 Å². The topological polar surface area (TPSA) is 0 Å². The van der Waals surface area contributed by atoms with Gasteiger partial charge >= 0.3 is 0 Å². The molecule has 0 fully saturated rings. The molecule has 1 aliphatic carbocycles. The van der Waals surface area contributed by atoms with E-state index in [4.69, 9.17) is 0 Å². The first-order valence-electron chi connectivity index (χ1n) is 6.60. The molecule has 0 amide bonds. The molecule has 0 bridgehead atoms. The molecule has 0 nitrogen and oxygen atoms in total. The molecule has 1 aliphatic rings. The fraction of sp³-hybridized carbons (Fsp3) is 0.294. The van der Waals surface area contributed by atoms with Crippen LogP contribution in [0.15, 0.2) is 70.0 Å². The number of benzene rings is 1. The Kier molecular flexibility index (Phi) is 5.35. The average molecular weight is 256 g/mol. The molecular formula is C17H20S. The number of allylic oxidation sites excluding steroid dienone is 5. The molecule has 18 heavy (non-hydrogen) atoms. The molecule has 1 heteroatoms. The van der Waals surface area contributed by atoms with Crippen molar-refractivity contribution in [3.8, 4) is 0 Å². The van der Waals surface area contributed by atoms with E-state index in [2.05, 4.69) is 60.9 Å². The van der Waals surface area contributed by atoms with Gasteiger partial charge in [0.05, 0.1) is 0 Å². The summed E-state index contributed by atoms with van der Waals surface area (Å²) in [4.78, 5) is 1.29. The predicted molar refractivity (Wildman–Crippen MR) is 81.7 cm³/mol. The van der Waals surface area contributed by atoms with Crippen molar-refractivity contribution in [1.82, 2.24) is 0 Å². The Bertz CT molecular complexity index is 452. The molecule has 1 aromatic carbocycles. The first-order chi connectivity index (χ1) is 8.84. The maximum absolute atomic E-state index is 2.37. The highest BCUT2D eigenvalue weighted by Crippen LogP contribution is 2.22. The van der Waals surface area contributed by atoms with Gasteiger partial charge in [-0.25, -0.2) is 0 Å². The van der Waals surface area contributed by atoms with Crippen LogP contribution in [0.3, 0.4) is 0 Å². The van der Waals surface area contributed by atoms with Crippen molar-refractivity contribution in [2.24, 2.45) is 0 Å². The molecule has 0 heterocycles. The minimum atomic E-state index is 1.25. The molecule has 0 saturated carbocycles. The fourth-order valence-corrected chi connectivity index (χ4v) is 2.67. The van der Waals surface area contributed by atoms with E-state index in [1.54, 1.807) is 11.8 Å². The van der Waals surface area contributed by atoms with E-state index >= 15 is 0 Å². The van der Waals surface area contributed by atoms with Gasteiger partial charge in [0.25, 0.3) is 0 Å². The summed E-state index contributed by atoms with van der Waals surface area (Å²) < 4.78 is 0. The summed E-state index contributed by atoms with van der Waals surface area (Å²) >= 11 is 1.78. The van der Waals surface area contributed by atoms with Crippen molar-refractivity contribution < 1.29 is 0 Å². The standard InChI is InChI=1S/C17H20S/c1-15(12-13-16-8-4-2-5-9-16)14-18-17-10-6-3-7-11-17/h3,6-8,10-14H,2,4-5,9H2,1H3/b13-12+,15-14-. The number of rotatable bonds is 4. The third kappa shape index (κ3) is 4.58. The molecule has 0 aliphatic heterocycles. The molecule has 94 valence electrons. The van der Waals surface area contributed by atoms with E-state index in [1.807, 2.05) is 0 Å². The number of thioether (sulfide) groups is 1. The van der Waals surface area contributed by atoms with Crippen LogP contribution in [0.4, 0.5) is 0 Å². The first-order valence-corrected chi connectivity index (χ1v) is 7.48. The second-order valence-electron chi connectivity index (χ2n) is 4.65. The Balaban J connectivity index is 1.89. The summed E-state index contributed by atoms with van der Waals surface area (Å²) in [6, 6.07) is 10.5. The van der Waals surface area contributed by atoms with Crippen LogP contribution in [0.2, 0.25) is 0 Å². The van der Waals surface area contributed by atoms with Crippen LogP contribution < -0.4 is 0 Å². The molecule has 0 spiro atoms. The minimum absolute atomic E-state index is 1.25. The molecule has 0 unspecified atom stereocenters. The molecule has 0 atom stereocenters. The normalized spacial score (nSPS) is 16.9. The Morgan fingerprint density at radius 1 is 1.17 bits per heavy atom.